The maximum Gasteiger partial charge on any atom is 0.0708 e. The van der Waals surface area contributed by atoms with E-state index in [0.29, 0.717) is 12.0 Å². The lowest BCUT2D eigenvalue weighted by atomic mass is 9.98. The number of ether oxygens (including phenoxy) is 1. The van der Waals surface area contributed by atoms with Gasteiger partial charge in [-0.05, 0) is 44.6 Å². The zero-order chi connectivity index (χ0) is 12.1. The van der Waals surface area contributed by atoms with Gasteiger partial charge in [0.25, 0.3) is 0 Å². The Balaban J connectivity index is 1.61. The molecule has 1 aliphatic carbocycles. The van der Waals surface area contributed by atoms with E-state index in [9.17, 15) is 0 Å². The molecule has 0 amide bonds. The average molecular weight is 260 g/mol. The fourth-order valence-electron chi connectivity index (χ4n) is 3.21. The van der Waals surface area contributed by atoms with Gasteiger partial charge in [-0.2, -0.15) is 0 Å². The van der Waals surface area contributed by atoms with Crippen LogP contribution in [0.15, 0.2) is 0 Å². The fourth-order valence-corrected chi connectivity index (χ4v) is 3.58. The summed E-state index contributed by atoms with van der Waals surface area (Å²) in [6.07, 6.45) is 9.42. The summed E-state index contributed by atoms with van der Waals surface area (Å²) >= 11 is 5.73. The van der Waals surface area contributed by atoms with Crippen LogP contribution in [0.1, 0.15) is 51.9 Å². The predicted molar refractivity (Wildman–Crippen MR) is 72.7 cm³/mol. The molecule has 1 N–H and O–H groups in total. The van der Waals surface area contributed by atoms with Gasteiger partial charge in [0.2, 0.25) is 0 Å². The van der Waals surface area contributed by atoms with E-state index in [0.717, 1.165) is 25.4 Å². The molecule has 0 radical (unpaired) electrons. The third-order valence-corrected chi connectivity index (χ3v) is 4.54. The molecule has 17 heavy (non-hydrogen) atoms. The molecule has 1 spiro atoms. The molecule has 1 saturated carbocycles. The van der Waals surface area contributed by atoms with Crippen LogP contribution in [0.4, 0.5) is 0 Å². The standard InChI is InChI=1S/C14H26ClNO/c1-12(5-9-15)10-16-11-13-4-8-14(17-13)6-2-3-7-14/h12-13,16H,2-11H2,1H3. The van der Waals surface area contributed by atoms with E-state index in [1.165, 1.54) is 38.5 Å². The highest BCUT2D eigenvalue weighted by Gasteiger charge is 2.41. The third kappa shape index (κ3) is 3.84. The van der Waals surface area contributed by atoms with E-state index in [2.05, 4.69) is 12.2 Å². The van der Waals surface area contributed by atoms with Crippen LogP contribution in [0.2, 0.25) is 0 Å². The Morgan fingerprint density at radius 2 is 2.12 bits per heavy atom. The van der Waals surface area contributed by atoms with Crippen molar-refractivity contribution < 1.29 is 4.74 Å². The van der Waals surface area contributed by atoms with Gasteiger partial charge >= 0.3 is 0 Å². The largest absolute Gasteiger partial charge is 0.370 e. The lowest BCUT2D eigenvalue weighted by Crippen LogP contribution is -2.33. The van der Waals surface area contributed by atoms with Crippen LogP contribution in [0, 0.1) is 5.92 Å². The van der Waals surface area contributed by atoms with E-state index in [4.69, 9.17) is 16.3 Å². The molecule has 2 unspecified atom stereocenters. The summed E-state index contributed by atoms with van der Waals surface area (Å²) in [6.45, 7) is 4.34. The zero-order valence-electron chi connectivity index (χ0n) is 11.0. The molecule has 3 heteroatoms. The summed E-state index contributed by atoms with van der Waals surface area (Å²) in [4.78, 5) is 0. The first-order chi connectivity index (χ1) is 8.24. The molecular weight excluding hydrogens is 234 g/mol. The lowest BCUT2D eigenvalue weighted by molar-refractivity contribution is -0.0352. The minimum Gasteiger partial charge on any atom is -0.370 e. The number of nitrogens with one attached hydrogen (secondary N) is 1. The van der Waals surface area contributed by atoms with Crippen LogP contribution in [-0.4, -0.2) is 30.7 Å². The van der Waals surface area contributed by atoms with Crippen molar-refractivity contribution in [2.75, 3.05) is 19.0 Å². The molecular formula is C14H26ClNO. The maximum absolute atomic E-state index is 6.26. The van der Waals surface area contributed by atoms with Gasteiger partial charge in [-0.1, -0.05) is 19.8 Å². The third-order valence-electron chi connectivity index (χ3n) is 4.32. The average Bonchev–Trinajstić information content (AvgIpc) is 2.91. The molecule has 0 aromatic carbocycles. The highest BCUT2D eigenvalue weighted by Crippen LogP contribution is 2.43. The molecule has 2 nitrogen and oxygen atoms in total. The number of halogens is 1. The Labute approximate surface area is 110 Å². The van der Waals surface area contributed by atoms with Gasteiger partial charge in [0.1, 0.15) is 0 Å². The minimum atomic E-state index is 0.286. The normalized spacial score (nSPS) is 28.9. The smallest absolute Gasteiger partial charge is 0.0708 e. The topological polar surface area (TPSA) is 21.3 Å². The number of rotatable bonds is 6. The second kappa shape index (κ2) is 6.40. The Hall–Kier alpha value is 0.210. The van der Waals surface area contributed by atoms with Crippen LogP contribution in [0.3, 0.4) is 0 Å². The maximum atomic E-state index is 6.26. The van der Waals surface area contributed by atoms with E-state index in [-0.39, 0.29) is 5.60 Å². The molecule has 1 saturated heterocycles. The van der Waals surface area contributed by atoms with Gasteiger partial charge in [0.15, 0.2) is 0 Å². The van der Waals surface area contributed by atoms with Crippen molar-refractivity contribution in [1.29, 1.82) is 0 Å². The molecule has 2 fully saturated rings. The monoisotopic (exact) mass is 259 g/mol. The zero-order valence-corrected chi connectivity index (χ0v) is 11.8. The van der Waals surface area contributed by atoms with Crippen molar-refractivity contribution in [3.8, 4) is 0 Å². The molecule has 1 aliphatic heterocycles. The van der Waals surface area contributed by atoms with Gasteiger partial charge in [-0.25, -0.2) is 0 Å². The highest BCUT2D eigenvalue weighted by molar-refractivity contribution is 6.17. The van der Waals surface area contributed by atoms with Crippen molar-refractivity contribution in [2.24, 2.45) is 5.92 Å². The van der Waals surface area contributed by atoms with Gasteiger partial charge in [0.05, 0.1) is 11.7 Å². The highest BCUT2D eigenvalue weighted by atomic mass is 35.5. The van der Waals surface area contributed by atoms with Crippen molar-refractivity contribution >= 4 is 11.6 Å². The number of hydrogen-bond acceptors (Lipinski definition) is 2. The summed E-state index contributed by atoms with van der Waals surface area (Å²) in [7, 11) is 0. The number of alkyl halides is 1. The second-order valence-corrected chi connectivity index (χ2v) is 6.29. The molecule has 2 atom stereocenters. The fraction of sp³-hybridized carbons (Fsp3) is 1.00. The predicted octanol–water partition coefficient (Wildman–Crippen LogP) is 3.33. The summed E-state index contributed by atoms with van der Waals surface area (Å²) < 4.78 is 6.26. The minimum absolute atomic E-state index is 0.286. The second-order valence-electron chi connectivity index (χ2n) is 5.91. The van der Waals surface area contributed by atoms with Crippen LogP contribution >= 0.6 is 11.6 Å². The van der Waals surface area contributed by atoms with Crippen LogP contribution in [-0.2, 0) is 4.74 Å². The van der Waals surface area contributed by atoms with E-state index < -0.39 is 0 Å². The van der Waals surface area contributed by atoms with Crippen molar-refractivity contribution in [2.45, 2.75) is 63.6 Å². The molecule has 1 heterocycles. The quantitative estimate of drug-likeness (QED) is 0.739. The summed E-state index contributed by atoms with van der Waals surface area (Å²) in [6, 6.07) is 0. The summed E-state index contributed by atoms with van der Waals surface area (Å²) in [5, 5.41) is 3.53. The van der Waals surface area contributed by atoms with Crippen LogP contribution in [0.5, 0.6) is 0 Å². The van der Waals surface area contributed by atoms with Gasteiger partial charge in [-0.15, -0.1) is 11.6 Å². The molecule has 0 bridgehead atoms. The van der Waals surface area contributed by atoms with Crippen LogP contribution < -0.4 is 5.32 Å². The van der Waals surface area contributed by atoms with Crippen molar-refractivity contribution in [3.05, 3.63) is 0 Å². The first-order valence-corrected chi connectivity index (χ1v) is 7.72. The van der Waals surface area contributed by atoms with Crippen molar-refractivity contribution in [3.63, 3.8) is 0 Å². The Morgan fingerprint density at radius 3 is 2.82 bits per heavy atom. The van der Waals surface area contributed by atoms with Gasteiger partial charge < -0.3 is 10.1 Å². The number of hydrogen-bond donors (Lipinski definition) is 1. The summed E-state index contributed by atoms with van der Waals surface area (Å²) in [5.74, 6) is 1.45. The molecule has 2 aliphatic rings. The lowest BCUT2D eigenvalue weighted by Gasteiger charge is -2.24. The van der Waals surface area contributed by atoms with E-state index in [1.807, 2.05) is 0 Å². The first kappa shape index (κ1) is 13.6. The molecule has 2 rings (SSSR count). The van der Waals surface area contributed by atoms with Crippen LogP contribution in [0.25, 0.3) is 0 Å². The van der Waals surface area contributed by atoms with Gasteiger partial charge in [-0.3, -0.25) is 0 Å². The SMILES string of the molecule is CC(CCCl)CNCC1CCC2(CCCC2)O1. The van der Waals surface area contributed by atoms with Crippen molar-refractivity contribution in [1.82, 2.24) is 5.32 Å². The summed E-state index contributed by atoms with van der Waals surface area (Å²) in [5.41, 5.74) is 0.286. The first-order valence-electron chi connectivity index (χ1n) is 7.19. The Morgan fingerprint density at radius 1 is 1.35 bits per heavy atom. The molecule has 0 aromatic heterocycles. The van der Waals surface area contributed by atoms with Gasteiger partial charge in [0, 0.05) is 12.4 Å². The Bertz CT molecular complexity index is 228. The molecule has 0 aromatic rings. The van der Waals surface area contributed by atoms with E-state index >= 15 is 0 Å². The molecule has 100 valence electrons. The van der Waals surface area contributed by atoms with E-state index in [1.54, 1.807) is 0 Å². The Kier molecular flexibility index (Phi) is 5.13.